The fourth-order valence-electron chi connectivity index (χ4n) is 3.09. The molecule has 3 aromatic rings. The molecule has 1 aromatic heterocycles. The van der Waals surface area contributed by atoms with Gasteiger partial charge in [-0.2, -0.15) is 5.10 Å². The molecule has 4 rings (SSSR count). The van der Waals surface area contributed by atoms with Crippen LogP contribution in [0.25, 0.3) is 11.3 Å². The fraction of sp³-hybridized carbons (Fsp3) is 0.227. The van der Waals surface area contributed by atoms with Crippen molar-refractivity contribution in [2.45, 2.75) is 6.92 Å². The van der Waals surface area contributed by atoms with E-state index >= 15 is 0 Å². The summed E-state index contributed by atoms with van der Waals surface area (Å²) < 4.78 is 12.4. The number of thiazole rings is 1. The van der Waals surface area contributed by atoms with Gasteiger partial charge in [0.2, 0.25) is 4.80 Å². The zero-order chi connectivity index (χ0) is 21.8. The van der Waals surface area contributed by atoms with E-state index in [4.69, 9.17) is 14.6 Å². The molecule has 0 radical (unpaired) electrons. The highest BCUT2D eigenvalue weighted by Crippen LogP contribution is 2.33. The van der Waals surface area contributed by atoms with Crippen LogP contribution in [-0.4, -0.2) is 48.3 Å². The van der Waals surface area contributed by atoms with E-state index in [0.29, 0.717) is 24.6 Å². The third-order valence-electron chi connectivity index (χ3n) is 4.67. The average molecular weight is 439 g/mol. The minimum Gasteiger partial charge on any atom is -0.508 e. The molecule has 1 aliphatic heterocycles. The van der Waals surface area contributed by atoms with Gasteiger partial charge in [-0.3, -0.25) is 9.79 Å². The Balaban J connectivity index is 1.79. The van der Waals surface area contributed by atoms with Gasteiger partial charge in [-0.25, -0.2) is 4.68 Å². The Labute approximate surface area is 183 Å². The van der Waals surface area contributed by atoms with Crippen LogP contribution in [0.1, 0.15) is 12.5 Å². The lowest BCUT2D eigenvalue weighted by molar-refractivity contribution is -0.118. The standard InChI is InChI=1S/C22H22N4O4S/c1-14(15-3-6-17(27)7-4-15)25-26-19(13-31-22(26)23-9-10-29-2)16-5-8-20-18(11-16)24-21(28)12-30-20/h3-8,11,13,27H,9-10,12H2,1-2H3,(H,24,28)/b23-22?,25-14+. The molecule has 1 amide bonds. The average Bonchev–Trinajstić information content (AvgIpc) is 3.16. The largest absolute Gasteiger partial charge is 0.508 e. The van der Waals surface area contributed by atoms with E-state index in [2.05, 4.69) is 10.3 Å². The number of carbonyl (C=O) groups excluding carboxylic acids is 1. The number of benzene rings is 2. The normalized spacial score (nSPS) is 14.2. The van der Waals surface area contributed by atoms with Gasteiger partial charge in [-0.1, -0.05) is 0 Å². The summed E-state index contributed by atoms with van der Waals surface area (Å²) in [5.74, 6) is 0.659. The number of amides is 1. The summed E-state index contributed by atoms with van der Waals surface area (Å²) in [5.41, 5.74) is 3.99. The lowest BCUT2D eigenvalue weighted by Crippen LogP contribution is -2.25. The van der Waals surface area contributed by atoms with E-state index in [0.717, 1.165) is 27.3 Å². The number of methoxy groups -OCH3 is 1. The summed E-state index contributed by atoms with van der Waals surface area (Å²) in [6, 6.07) is 12.5. The van der Waals surface area contributed by atoms with Crippen LogP contribution in [0.5, 0.6) is 11.5 Å². The van der Waals surface area contributed by atoms with Gasteiger partial charge in [0.15, 0.2) is 6.61 Å². The number of phenols is 1. The van der Waals surface area contributed by atoms with Crippen molar-refractivity contribution in [1.82, 2.24) is 4.68 Å². The van der Waals surface area contributed by atoms with Gasteiger partial charge >= 0.3 is 0 Å². The second-order valence-electron chi connectivity index (χ2n) is 6.87. The maximum atomic E-state index is 11.7. The second kappa shape index (κ2) is 9.15. The summed E-state index contributed by atoms with van der Waals surface area (Å²) in [4.78, 5) is 17.1. The van der Waals surface area contributed by atoms with E-state index in [9.17, 15) is 9.90 Å². The molecule has 0 aliphatic carbocycles. The predicted octanol–water partition coefficient (Wildman–Crippen LogP) is 3.07. The number of anilines is 1. The van der Waals surface area contributed by atoms with Crippen LogP contribution in [0.4, 0.5) is 5.69 Å². The molecule has 1 aliphatic rings. The monoisotopic (exact) mass is 438 g/mol. The van der Waals surface area contributed by atoms with Crippen LogP contribution in [0.15, 0.2) is 57.9 Å². The number of nitrogens with one attached hydrogen (secondary N) is 1. The van der Waals surface area contributed by atoms with Gasteiger partial charge in [0.05, 0.1) is 30.2 Å². The number of nitrogens with zero attached hydrogens (tertiary/aromatic N) is 3. The van der Waals surface area contributed by atoms with Crippen molar-refractivity contribution >= 4 is 28.6 Å². The van der Waals surface area contributed by atoms with E-state index in [1.54, 1.807) is 23.9 Å². The molecule has 2 N–H and O–H groups in total. The van der Waals surface area contributed by atoms with Gasteiger partial charge in [0, 0.05) is 18.1 Å². The predicted molar refractivity (Wildman–Crippen MR) is 120 cm³/mol. The van der Waals surface area contributed by atoms with Crippen LogP contribution in [0.3, 0.4) is 0 Å². The Morgan fingerprint density at radius 2 is 2.10 bits per heavy atom. The fourth-order valence-corrected chi connectivity index (χ4v) is 3.95. The molecule has 160 valence electrons. The molecular formula is C22H22N4O4S. The smallest absolute Gasteiger partial charge is 0.262 e. The first-order valence-electron chi connectivity index (χ1n) is 9.67. The molecule has 0 fully saturated rings. The van der Waals surface area contributed by atoms with Crippen molar-refractivity contribution in [3.05, 3.63) is 58.2 Å². The van der Waals surface area contributed by atoms with Gasteiger partial charge < -0.3 is 19.9 Å². The molecule has 2 heterocycles. The number of ether oxygens (including phenoxy) is 2. The zero-order valence-corrected chi connectivity index (χ0v) is 18.0. The topological polar surface area (TPSA) is 97.4 Å². The lowest BCUT2D eigenvalue weighted by atomic mass is 10.1. The SMILES string of the molecule is COCCN=c1scc(-c2ccc3c(c2)NC(=O)CO3)n1/N=C(\C)c1ccc(O)cc1. The number of hydrogen-bond acceptors (Lipinski definition) is 7. The van der Waals surface area contributed by atoms with Crippen LogP contribution >= 0.6 is 11.3 Å². The molecule has 31 heavy (non-hydrogen) atoms. The number of phenolic OH excluding ortho intramolecular Hbond substituents is 1. The summed E-state index contributed by atoms with van der Waals surface area (Å²) in [5, 5.41) is 19.2. The summed E-state index contributed by atoms with van der Waals surface area (Å²) >= 11 is 1.47. The molecule has 0 spiro atoms. The zero-order valence-electron chi connectivity index (χ0n) is 17.2. The Morgan fingerprint density at radius 3 is 2.87 bits per heavy atom. The lowest BCUT2D eigenvalue weighted by Gasteiger charge is -2.18. The Kier molecular flexibility index (Phi) is 6.15. The van der Waals surface area contributed by atoms with E-state index in [-0.39, 0.29) is 18.3 Å². The van der Waals surface area contributed by atoms with Crippen LogP contribution in [-0.2, 0) is 9.53 Å². The third kappa shape index (κ3) is 4.68. The Morgan fingerprint density at radius 1 is 1.29 bits per heavy atom. The molecular weight excluding hydrogens is 416 g/mol. The minimum absolute atomic E-state index is 0.0173. The first-order valence-corrected chi connectivity index (χ1v) is 10.5. The van der Waals surface area contributed by atoms with Gasteiger partial charge in [-0.15, -0.1) is 11.3 Å². The van der Waals surface area contributed by atoms with Crippen LogP contribution in [0.2, 0.25) is 0 Å². The molecule has 0 atom stereocenters. The van der Waals surface area contributed by atoms with Crippen molar-refractivity contribution in [3.8, 4) is 22.8 Å². The highest BCUT2D eigenvalue weighted by atomic mass is 32.1. The molecule has 0 saturated carbocycles. The number of aromatic nitrogens is 1. The van der Waals surface area contributed by atoms with E-state index < -0.39 is 0 Å². The summed E-state index contributed by atoms with van der Waals surface area (Å²) in [6.45, 7) is 2.94. The van der Waals surface area contributed by atoms with E-state index in [1.165, 1.54) is 11.3 Å². The molecule has 9 heteroatoms. The van der Waals surface area contributed by atoms with Gasteiger partial charge in [0.1, 0.15) is 11.5 Å². The summed E-state index contributed by atoms with van der Waals surface area (Å²) in [6.07, 6.45) is 0. The maximum absolute atomic E-state index is 11.7. The molecule has 0 saturated heterocycles. The molecule has 0 bridgehead atoms. The Hall–Kier alpha value is -3.43. The highest BCUT2D eigenvalue weighted by Gasteiger charge is 2.18. The minimum atomic E-state index is -0.181. The molecule has 2 aromatic carbocycles. The molecule has 0 unspecified atom stereocenters. The van der Waals surface area contributed by atoms with Gasteiger partial charge in [0.25, 0.3) is 5.91 Å². The van der Waals surface area contributed by atoms with E-state index in [1.807, 2.05) is 42.6 Å². The van der Waals surface area contributed by atoms with Crippen molar-refractivity contribution in [2.75, 3.05) is 32.2 Å². The van der Waals surface area contributed by atoms with Crippen molar-refractivity contribution in [2.24, 2.45) is 10.1 Å². The van der Waals surface area contributed by atoms with Crippen LogP contribution in [0, 0.1) is 0 Å². The number of carbonyl (C=O) groups is 1. The number of hydrogen-bond donors (Lipinski definition) is 2. The van der Waals surface area contributed by atoms with Gasteiger partial charge in [-0.05, 0) is 55.0 Å². The van der Waals surface area contributed by atoms with Crippen molar-refractivity contribution < 1.29 is 19.4 Å². The second-order valence-corrected chi connectivity index (χ2v) is 7.71. The highest BCUT2D eigenvalue weighted by molar-refractivity contribution is 7.07. The number of aromatic hydroxyl groups is 1. The quantitative estimate of drug-likeness (QED) is 0.457. The molecule has 8 nitrogen and oxygen atoms in total. The first kappa shape index (κ1) is 20.8. The number of fused-ring (bicyclic) bond motifs is 1. The van der Waals surface area contributed by atoms with Crippen LogP contribution < -0.4 is 14.9 Å². The van der Waals surface area contributed by atoms with Crippen molar-refractivity contribution in [3.63, 3.8) is 0 Å². The maximum Gasteiger partial charge on any atom is 0.262 e. The number of rotatable bonds is 6. The Bertz CT molecular complexity index is 1190. The van der Waals surface area contributed by atoms with Crippen molar-refractivity contribution in [1.29, 1.82) is 0 Å². The summed E-state index contributed by atoms with van der Waals surface area (Å²) in [7, 11) is 1.64. The first-order chi connectivity index (χ1) is 15.0. The third-order valence-corrected chi connectivity index (χ3v) is 5.53.